The van der Waals surface area contributed by atoms with Crippen LogP contribution in [-0.2, 0) is 11.3 Å². The molecule has 0 saturated carbocycles. The van der Waals surface area contributed by atoms with Gasteiger partial charge in [-0.15, -0.1) is 0 Å². The van der Waals surface area contributed by atoms with Crippen LogP contribution in [0.4, 0.5) is 10.1 Å². The van der Waals surface area contributed by atoms with E-state index in [2.05, 4.69) is 28.6 Å². The number of para-hydroxylation sites is 1. The predicted octanol–water partition coefficient (Wildman–Crippen LogP) is 7.41. The van der Waals surface area contributed by atoms with Gasteiger partial charge in [-0.05, 0) is 73.6 Å². The standard InChI is InChI=1S/C28H23ClFN3OS/c1-3-32-27(34)26(35-28(32)31-21-14-12-20(30)13-15-21)16-23-18(2)33(25-11-7-5-9-22(23)25)17-19-8-4-6-10-24(19)29/h4-16H,3,17H2,1-2H3/b26-16+,31-28?. The van der Waals surface area contributed by atoms with Crippen LogP contribution in [0.15, 0.2) is 82.7 Å². The highest BCUT2D eigenvalue weighted by Gasteiger charge is 2.32. The number of hydrogen-bond acceptors (Lipinski definition) is 3. The number of likely N-dealkylation sites (N-methyl/N-ethyl adjacent to an activating group) is 1. The van der Waals surface area contributed by atoms with Gasteiger partial charge in [0.05, 0.1) is 10.6 Å². The van der Waals surface area contributed by atoms with Crippen molar-refractivity contribution in [3.05, 3.63) is 105 Å². The Morgan fingerprint density at radius 3 is 2.49 bits per heavy atom. The first-order chi connectivity index (χ1) is 17.0. The van der Waals surface area contributed by atoms with Gasteiger partial charge in [0.25, 0.3) is 5.91 Å². The fraction of sp³-hybridized carbons (Fsp3) is 0.143. The summed E-state index contributed by atoms with van der Waals surface area (Å²) in [7, 11) is 0. The highest BCUT2D eigenvalue weighted by Crippen LogP contribution is 2.37. The number of thioether (sulfide) groups is 1. The van der Waals surface area contributed by atoms with Crippen molar-refractivity contribution in [3.63, 3.8) is 0 Å². The Hall–Kier alpha value is -3.35. The molecule has 3 aromatic carbocycles. The Bertz CT molecular complexity index is 1490. The molecule has 0 bridgehead atoms. The molecule has 1 aliphatic heterocycles. The van der Waals surface area contributed by atoms with Crippen LogP contribution in [0.2, 0.25) is 5.02 Å². The number of halogens is 2. The monoisotopic (exact) mass is 503 g/mol. The van der Waals surface area contributed by atoms with Crippen molar-refractivity contribution in [2.45, 2.75) is 20.4 Å². The summed E-state index contributed by atoms with van der Waals surface area (Å²) in [6, 6.07) is 22.0. The van der Waals surface area contributed by atoms with Crippen molar-refractivity contribution < 1.29 is 9.18 Å². The number of amides is 1. The summed E-state index contributed by atoms with van der Waals surface area (Å²) >= 11 is 7.79. The smallest absolute Gasteiger partial charge is 0.266 e. The molecule has 4 aromatic rings. The highest BCUT2D eigenvalue weighted by atomic mass is 35.5. The second kappa shape index (κ2) is 9.72. The zero-order valence-electron chi connectivity index (χ0n) is 19.3. The van der Waals surface area contributed by atoms with E-state index < -0.39 is 0 Å². The lowest BCUT2D eigenvalue weighted by atomic mass is 10.1. The fourth-order valence-electron chi connectivity index (χ4n) is 4.27. The molecule has 176 valence electrons. The van der Waals surface area contributed by atoms with Crippen LogP contribution in [0.5, 0.6) is 0 Å². The Kier molecular flexibility index (Phi) is 6.50. The van der Waals surface area contributed by atoms with Crippen molar-refractivity contribution in [1.29, 1.82) is 0 Å². The average Bonchev–Trinajstić information content (AvgIpc) is 3.30. The number of carbonyl (C=O) groups excluding carboxylic acids is 1. The Morgan fingerprint density at radius 2 is 1.74 bits per heavy atom. The van der Waals surface area contributed by atoms with Crippen LogP contribution < -0.4 is 0 Å². The normalized spacial score (nSPS) is 16.2. The van der Waals surface area contributed by atoms with Crippen molar-refractivity contribution in [3.8, 4) is 0 Å². The van der Waals surface area contributed by atoms with Gasteiger partial charge < -0.3 is 4.57 Å². The second-order valence-corrected chi connectivity index (χ2v) is 9.64. The second-order valence-electron chi connectivity index (χ2n) is 8.22. The number of benzene rings is 3. The van der Waals surface area contributed by atoms with Crippen LogP contribution in [0.1, 0.15) is 23.7 Å². The number of hydrogen-bond donors (Lipinski definition) is 0. The maximum atomic E-state index is 13.3. The van der Waals surface area contributed by atoms with E-state index in [-0.39, 0.29) is 11.7 Å². The Morgan fingerprint density at radius 1 is 1.03 bits per heavy atom. The third-order valence-electron chi connectivity index (χ3n) is 6.10. The van der Waals surface area contributed by atoms with Gasteiger partial charge in [0.15, 0.2) is 5.17 Å². The zero-order valence-corrected chi connectivity index (χ0v) is 20.9. The molecule has 2 heterocycles. The van der Waals surface area contributed by atoms with E-state index in [1.54, 1.807) is 17.0 Å². The number of amidine groups is 1. The van der Waals surface area contributed by atoms with Crippen molar-refractivity contribution in [2.75, 3.05) is 6.54 Å². The van der Waals surface area contributed by atoms with Crippen LogP contribution >= 0.6 is 23.4 Å². The largest absolute Gasteiger partial charge is 0.340 e. The molecule has 0 spiro atoms. The van der Waals surface area contributed by atoms with Crippen LogP contribution in [0.3, 0.4) is 0 Å². The van der Waals surface area contributed by atoms with Crippen LogP contribution in [0, 0.1) is 12.7 Å². The van der Waals surface area contributed by atoms with E-state index in [0.29, 0.717) is 28.8 Å². The summed E-state index contributed by atoms with van der Waals surface area (Å²) in [6.07, 6.45) is 1.96. The third-order valence-corrected chi connectivity index (χ3v) is 7.47. The lowest BCUT2D eigenvalue weighted by Crippen LogP contribution is -2.28. The van der Waals surface area contributed by atoms with Crippen LogP contribution in [-0.4, -0.2) is 27.1 Å². The van der Waals surface area contributed by atoms with Gasteiger partial charge in [0, 0.05) is 40.3 Å². The molecule has 5 rings (SSSR count). The third kappa shape index (κ3) is 4.51. The first-order valence-electron chi connectivity index (χ1n) is 11.3. The lowest BCUT2D eigenvalue weighted by Gasteiger charge is -2.12. The predicted molar refractivity (Wildman–Crippen MR) is 144 cm³/mol. The minimum atomic E-state index is -0.319. The SMILES string of the molecule is CCN1C(=O)/C(=C\c2c(C)n(Cc3ccccc3Cl)c3ccccc23)SC1=Nc1ccc(F)cc1. The highest BCUT2D eigenvalue weighted by molar-refractivity contribution is 8.18. The molecule has 1 aromatic heterocycles. The summed E-state index contributed by atoms with van der Waals surface area (Å²) in [6.45, 7) is 5.12. The molecule has 1 saturated heterocycles. The number of aromatic nitrogens is 1. The lowest BCUT2D eigenvalue weighted by molar-refractivity contribution is -0.122. The number of aliphatic imine (C=N–C) groups is 1. The minimum absolute atomic E-state index is 0.0827. The topological polar surface area (TPSA) is 37.6 Å². The van der Waals surface area contributed by atoms with E-state index in [1.165, 1.54) is 23.9 Å². The summed E-state index contributed by atoms with van der Waals surface area (Å²) in [5, 5.41) is 2.39. The summed E-state index contributed by atoms with van der Waals surface area (Å²) in [5.41, 5.74) is 4.78. The molecule has 1 amide bonds. The van der Waals surface area contributed by atoms with E-state index in [0.717, 1.165) is 32.7 Å². The molecule has 0 radical (unpaired) electrons. The first kappa shape index (κ1) is 23.4. The molecule has 0 atom stereocenters. The van der Waals surface area contributed by atoms with E-state index in [1.807, 2.05) is 49.4 Å². The quantitative estimate of drug-likeness (QED) is 0.266. The van der Waals surface area contributed by atoms with Crippen molar-refractivity contribution >= 4 is 57.1 Å². The molecular weight excluding hydrogens is 481 g/mol. The molecule has 0 unspecified atom stereocenters. The number of carbonyl (C=O) groups is 1. The van der Waals surface area contributed by atoms with Gasteiger partial charge in [-0.1, -0.05) is 48.0 Å². The van der Waals surface area contributed by atoms with Crippen molar-refractivity contribution in [1.82, 2.24) is 9.47 Å². The number of nitrogens with zero attached hydrogens (tertiary/aromatic N) is 3. The van der Waals surface area contributed by atoms with Gasteiger partial charge in [0.1, 0.15) is 5.82 Å². The Balaban J connectivity index is 1.57. The minimum Gasteiger partial charge on any atom is -0.340 e. The average molecular weight is 504 g/mol. The molecule has 7 heteroatoms. The zero-order chi connectivity index (χ0) is 24.5. The molecular formula is C28H23ClFN3OS. The van der Waals surface area contributed by atoms with E-state index >= 15 is 0 Å². The molecule has 35 heavy (non-hydrogen) atoms. The van der Waals surface area contributed by atoms with E-state index in [9.17, 15) is 9.18 Å². The van der Waals surface area contributed by atoms with Crippen LogP contribution in [0.25, 0.3) is 17.0 Å². The number of rotatable bonds is 5. The number of fused-ring (bicyclic) bond motifs is 1. The maximum Gasteiger partial charge on any atom is 0.266 e. The van der Waals surface area contributed by atoms with Crippen molar-refractivity contribution in [2.24, 2.45) is 4.99 Å². The van der Waals surface area contributed by atoms with Gasteiger partial charge in [-0.3, -0.25) is 9.69 Å². The summed E-state index contributed by atoms with van der Waals surface area (Å²) in [5.74, 6) is -0.401. The van der Waals surface area contributed by atoms with E-state index in [4.69, 9.17) is 11.6 Å². The molecule has 1 aliphatic rings. The molecule has 4 nitrogen and oxygen atoms in total. The first-order valence-corrected chi connectivity index (χ1v) is 12.5. The molecule has 0 aliphatic carbocycles. The fourth-order valence-corrected chi connectivity index (χ4v) is 5.51. The van der Waals surface area contributed by atoms with Gasteiger partial charge in [-0.2, -0.15) is 0 Å². The Labute approximate surface area is 212 Å². The summed E-state index contributed by atoms with van der Waals surface area (Å²) < 4.78 is 15.5. The maximum absolute atomic E-state index is 13.3. The summed E-state index contributed by atoms with van der Waals surface area (Å²) in [4.78, 5) is 20.1. The van der Waals surface area contributed by atoms with Gasteiger partial charge in [0.2, 0.25) is 0 Å². The molecule has 0 N–H and O–H groups in total. The van der Waals surface area contributed by atoms with Gasteiger partial charge in [-0.25, -0.2) is 9.38 Å². The van der Waals surface area contributed by atoms with Gasteiger partial charge >= 0.3 is 0 Å². The molecule has 1 fully saturated rings.